The van der Waals surface area contributed by atoms with Crippen molar-refractivity contribution in [2.24, 2.45) is 0 Å². The van der Waals surface area contributed by atoms with Crippen molar-refractivity contribution in [1.82, 2.24) is 10.2 Å². The topological polar surface area (TPSA) is 148 Å². The number of nitrogens with one attached hydrogen (secondary N) is 1. The number of non-ortho nitro benzene ring substituents is 1. The number of thiol groups is 1. The van der Waals surface area contributed by atoms with Crippen LogP contribution in [-0.4, -0.2) is 49.5 Å². The summed E-state index contributed by atoms with van der Waals surface area (Å²) in [4.78, 5) is 46.9. The number of ether oxygens (including phenoxy) is 2. The molecule has 2 bridgehead atoms. The lowest BCUT2D eigenvalue weighted by Gasteiger charge is -2.44. The maximum atomic E-state index is 12.5. The normalized spacial score (nSPS) is 17.9. The summed E-state index contributed by atoms with van der Waals surface area (Å²) in [5, 5.41) is 22.1. The number of nitrogens with zero attached hydrogens (tertiary/aromatic N) is 2. The minimum Gasteiger partial charge on any atom is -0.509 e. The van der Waals surface area contributed by atoms with Crippen LogP contribution in [0.15, 0.2) is 60.0 Å². The number of aliphatic hydroxyl groups excluding tert-OH is 1. The number of halogens is 1. The first kappa shape index (κ1) is 26.0. The maximum Gasteiger partial charge on any atom is 0.358 e. The molecule has 2 amide bonds. The molecule has 2 aromatic carbocycles. The minimum absolute atomic E-state index is 0.110. The van der Waals surface area contributed by atoms with Crippen LogP contribution >= 0.6 is 28.6 Å². The van der Waals surface area contributed by atoms with Crippen LogP contribution in [0.25, 0.3) is 0 Å². The zero-order chi connectivity index (χ0) is 25.7. The van der Waals surface area contributed by atoms with E-state index in [1.807, 2.05) is 24.3 Å². The summed E-state index contributed by atoms with van der Waals surface area (Å²) >= 11 is 7.21. The van der Waals surface area contributed by atoms with Crippen molar-refractivity contribution in [3.63, 3.8) is 0 Å². The van der Waals surface area contributed by atoms with Gasteiger partial charge in [0.25, 0.3) is 11.6 Å². The highest BCUT2D eigenvalue weighted by molar-refractivity contribution is 9.09. The van der Waals surface area contributed by atoms with Crippen molar-refractivity contribution >= 4 is 52.0 Å². The number of hydrogen-bond acceptors (Lipinski definition) is 9. The molecule has 1 fully saturated rings. The summed E-state index contributed by atoms with van der Waals surface area (Å²) in [6, 6.07) is 12.3. The van der Waals surface area contributed by atoms with Crippen molar-refractivity contribution in [3.8, 4) is 11.5 Å². The first-order valence-corrected chi connectivity index (χ1v) is 11.7. The van der Waals surface area contributed by atoms with E-state index >= 15 is 0 Å². The Morgan fingerprint density at radius 2 is 1.86 bits per heavy atom. The predicted molar refractivity (Wildman–Crippen MR) is 130 cm³/mol. The van der Waals surface area contributed by atoms with E-state index < -0.39 is 45.6 Å². The molecule has 3 aliphatic heterocycles. The highest BCUT2D eigenvalue weighted by Crippen LogP contribution is 2.33. The second-order valence-corrected chi connectivity index (χ2v) is 8.40. The van der Waals surface area contributed by atoms with Crippen molar-refractivity contribution in [1.29, 1.82) is 0 Å². The average Bonchev–Trinajstić information content (AvgIpc) is 2.84. The largest absolute Gasteiger partial charge is 0.509 e. The molecule has 2 aromatic rings. The van der Waals surface area contributed by atoms with Gasteiger partial charge >= 0.3 is 5.97 Å². The molecule has 0 saturated carbocycles. The van der Waals surface area contributed by atoms with Gasteiger partial charge in [-0.2, -0.15) is 12.6 Å². The molecule has 0 aliphatic carbocycles. The zero-order valence-corrected chi connectivity index (χ0v) is 20.7. The molecule has 2 unspecified atom stereocenters. The van der Waals surface area contributed by atoms with Crippen LogP contribution in [0.5, 0.6) is 11.5 Å². The summed E-state index contributed by atoms with van der Waals surface area (Å²) in [6.07, 6.45) is 0. The number of esters is 1. The Labute approximate surface area is 213 Å². The number of nitro benzene ring substituents is 1. The summed E-state index contributed by atoms with van der Waals surface area (Å²) < 4.78 is 10.1. The van der Waals surface area contributed by atoms with Gasteiger partial charge in [-0.15, -0.1) is 0 Å². The lowest BCUT2D eigenvalue weighted by molar-refractivity contribution is -0.384. The zero-order valence-electron chi connectivity index (χ0n) is 18.2. The molecule has 2 N–H and O–H groups in total. The number of rotatable bonds is 7. The second kappa shape index (κ2) is 11.2. The molecule has 1 saturated heterocycles. The number of fused-ring (bicyclic) bond motifs is 2. The van der Waals surface area contributed by atoms with Crippen molar-refractivity contribution in [2.75, 3.05) is 5.33 Å². The standard InChI is InChI=1S/C16H16BrN3O7S.C6H4O/c1-8(21)18-12-14(23)19(15(12)28)13(11(22)6-17)16(24)27-7-9-2-4-10(5-3-9)20(25)26;1-2-5-4-6(3-1)7-5/h2-5,12,15,22,28H,6-7H2,1H3,(H,18,21);1-4H. The lowest BCUT2D eigenvalue weighted by Crippen LogP contribution is -2.68. The molecule has 2 atom stereocenters. The fourth-order valence-corrected chi connectivity index (χ4v) is 3.80. The molecule has 0 radical (unpaired) electrons. The fourth-order valence-electron chi connectivity index (χ4n) is 3.10. The quantitative estimate of drug-likeness (QED) is 0.0578. The number of hydrogen-bond donors (Lipinski definition) is 3. The van der Waals surface area contributed by atoms with Crippen LogP contribution < -0.4 is 10.1 Å². The van der Waals surface area contributed by atoms with Gasteiger partial charge in [0, 0.05) is 25.1 Å². The van der Waals surface area contributed by atoms with E-state index in [2.05, 4.69) is 33.9 Å². The van der Waals surface area contributed by atoms with E-state index in [1.165, 1.54) is 31.2 Å². The molecular formula is C22H20BrN3O8S. The lowest BCUT2D eigenvalue weighted by atomic mass is 10.1. The molecule has 35 heavy (non-hydrogen) atoms. The number of carbonyl (C=O) groups is 3. The van der Waals surface area contributed by atoms with Gasteiger partial charge in [0.05, 0.1) is 10.3 Å². The Morgan fingerprint density at radius 3 is 2.26 bits per heavy atom. The van der Waals surface area contributed by atoms with Gasteiger partial charge in [-0.05, 0) is 29.8 Å². The Bertz CT molecular complexity index is 1160. The first-order chi connectivity index (χ1) is 16.6. The van der Waals surface area contributed by atoms with Crippen LogP contribution in [0.2, 0.25) is 0 Å². The predicted octanol–water partition coefficient (Wildman–Crippen LogP) is 3.20. The fraction of sp³-hybridized carbons (Fsp3) is 0.227. The molecule has 11 nitrogen and oxygen atoms in total. The highest BCUT2D eigenvalue weighted by Gasteiger charge is 2.50. The Hall–Kier alpha value is -3.58. The van der Waals surface area contributed by atoms with E-state index in [0.717, 1.165) is 16.4 Å². The smallest absolute Gasteiger partial charge is 0.358 e. The SMILES string of the molecule is CC(=O)NC1C(=O)N(C(C(=O)OCc2ccc([N+](=O)[O-])cc2)=C(O)CBr)C1S.c1cc2cc(c1)O2. The van der Waals surface area contributed by atoms with Crippen LogP contribution in [-0.2, 0) is 25.7 Å². The molecule has 13 heteroatoms. The Kier molecular flexibility index (Phi) is 8.35. The van der Waals surface area contributed by atoms with E-state index in [1.54, 1.807) is 0 Å². The average molecular weight is 566 g/mol. The minimum atomic E-state index is -0.982. The number of amides is 2. The van der Waals surface area contributed by atoms with E-state index in [4.69, 9.17) is 9.47 Å². The third-order valence-electron chi connectivity index (χ3n) is 4.82. The van der Waals surface area contributed by atoms with E-state index in [-0.39, 0.29) is 17.6 Å². The van der Waals surface area contributed by atoms with Crippen LogP contribution in [0.1, 0.15) is 12.5 Å². The van der Waals surface area contributed by atoms with Gasteiger partial charge in [-0.25, -0.2) is 4.79 Å². The molecular weight excluding hydrogens is 546 g/mol. The van der Waals surface area contributed by atoms with Gasteiger partial charge in [0.2, 0.25) is 5.91 Å². The highest BCUT2D eigenvalue weighted by atomic mass is 79.9. The van der Waals surface area contributed by atoms with E-state index in [9.17, 15) is 29.6 Å². The maximum absolute atomic E-state index is 12.5. The van der Waals surface area contributed by atoms with Crippen molar-refractivity contribution in [3.05, 3.63) is 75.7 Å². The number of aliphatic hydroxyl groups is 1. The molecule has 3 heterocycles. The molecule has 3 aliphatic rings. The number of alkyl halides is 1. The molecule has 0 spiro atoms. The van der Waals surface area contributed by atoms with Gasteiger partial charge in [0.1, 0.15) is 35.3 Å². The Balaban J connectivity index is 0.000000410. The number of carbonyl (C=O) groups excluding carboxylic acids is 3. The molecule has 0 aromatic heterocycles. The third kappa shape index (κ3) is 6.11. The summed E-state index contributed by atoms with van der Waals surface area (Å²) in [7, 11) is 0. The van der Waals surface area contributed by atoms with Gasteiger partial charge in [0.15, 0.2) is 5.70 Å². The summed E-state index contributed by atoms with van der Waals surface area (Å²) in [6.45, 7) is 1.01. The van der Waals surface area contributed by atoms with E-state index in [0.29, 0.717) is 5.56 Å². The number of benzene rings is 2. The van der Waals surface area contributed by atoms with Gasteiger partial charge in [-0.3, -0.25) is 24.6 Å². The van der Waals surface area contributed by atoms with Crippen LogP contribution in [0.4, 0.5) is 5.69 Å². The molecule has 5 rings (SSSR count). The number of β-lactam (4-membered cyclic amide) rings is 1. The van der Waals surface area contributed by atoms with Gasteiger partial charge in [-0.1, -0.05) is 22.0 Å². The number of nitro groups is 1. The number of likely N-dealkylation sites (tertiary alicyclic amines) is 1. The van der Waals surface area contributed by atoms with Gasteiger partial charge < -0.3 is 19.9 Å². The number of allylic oxidation sites excluding steroid dienone is 1. The Morgan fingerprint density at radius 1 is 1.26 bits per heavy atom. The van der Waals surface area contributed by atoms with Crippen LogP contribution in [0.3, 0.4) is 0 Å². The summed E-state index contributed by atoms with van der Waals surface area (Å²) in [5.41, 5.74) is -0.0313. The van der Waals surface area contributed by atoms with Crippen LogP contribution in [0, 0.1) is 10.1 Å². The first-order valence-electron chi connectivity index (χ1n) is 10.1. The summed E-state index contributed by atoms with van der Waals surface area (Å²) in [5.74, 6) is -0.514. The second-order valence-electron chi connectivity index (χ2n) is 7.31. The monoisotopic (exact) mass is 565 g/mol. The van der Waals surface area contributed by atoms with Crippen molar-refractivity contribution in [2.45, 2.75) is 24.9 Å². The van der Waals surface area contributed by atoms with Crippen molar-refractivity contribution < 1.29 is 33.9 Å². The third-order valence-corrected chi connectivity index (χ3v) is 5.88. The molecule has 184 valence electrons.